The van der Waals surface area contributed by atoms with E-state index in [0.29, 0.717) is 11.4 Å². The molecule has 0 radical (unpaired) electrons. The molecular weight excluding hydrogens is 299 g/mol. The van der Waals surface area contributed by atoms with Crippen LogP contribution in [0.2, 0.25) is 0 Å². The minimum Gasteiger partial charge on any atom is -0.503 e. The Morgan fingerprint density at radius 1 is 1.26 bits per heavy atom. The maximum atomic E-state index is 14.3. The van der Waals surface area contributed by atoms with Crippen molar-refractivity contribution in [3.05, 3.63) is 48.4 Å². The summed E-state index contributed by atoms with van der Waals surface area (Å²) in [6, 6.07) is 4.70. The van der Waals surface area contributed by atoms with Gasteiger partial charge in [-0.3, -0.25) is 0 Å². The third-order valence-electron chi connectivity index (χ3n) is 3.20. The van der Waals surface area contributed by atoms with Gasteiger partial charge in [0.25, 0.3) is 0 Å². The summed E-state index contributed by atoms with van der Waals surface area (Å²) in [7, 11) is 1.63. The van der Waals surface area contributed by atoms with E-state index in [1.807, 2.05) is 6.92 Å². The SMILES string of the molecule is CNc1nc(Nc2ccc(-n3cnc(C)c3)c(F)c2)ncc1O. The number of anilines is 3. The van der Waals surface area contributed by atoms with Gasteiger partial charge < -0.3 is 20.3 Å². The van der Waals surface area contributed by atoms with Crippen molar-refractivity contribution in [3.63, 3.8) is 0 Å². The summed E-state index contributed by atoms with van der Waals surface area (Å²) >= 11 is 0. The molecule has 0 saturated heterocycles. The largest absolute Gasteiger partial charge is 0.503 e. The fraction of sp³-hybridized carbons (Fsp3) is 0.133. The molecule has 0 atom stereocenters. The van der Waals surface area contributed by atoms with Crippen LogP contribution >= 0.6 is 0 Å². The van der Waals surface area contributed by atoms with E-state index in [0.717, 1.165) is 5.69 Å². The summed E-state index contributed by atoms with van der Waals surface area (Å²) < 4.78 is 15.9. The number of imidazole rings is 1. The summed E-state index contributed by atoms with van der Waals surface area (Å²) in [5.74, 6) is 0.0707. The first kappa shape index (κ1) is 14.8. The van der Waals surface area contributed by atoms with E-state index in [1.165, 1.54) is 12.3 Å². The zero-order chi connectivity index (χ0) is 16.4. The third kappa shape index (κ3) is 3.05. The van der Waals surface area contributed by atoms with Crippen LogP contribution in [0.15, 0.2) is 36.9 Å². The molecule has 0 aliphatic rings. The fourth-order valence-electron chi connectivity index (χ4n) is 2.10. The summed E-state index contributed by atoms with van der Waals surface area (Å²) in [5, 5.41) is 15.2. The average Bonchev–Trinajstić information content (AvgIpc) is 2.95. The molecule has 0 fully saturated rings. The molecule has 0 unspecified atom stereocenters. The standard InChI is InChI=1S/C15H15FN6O/c1-9-7-22(8-19-9)12-4-3-10(5-11(12)16)20-15-18-6-13(23)14(17-2)21-15/h3-8,23H,1-2H3,(H2,17,18,20,21). The first-order valence-corrected chi connectivity index (χ1v) is 6.88. The highest BCUT2D eigenvalue weighted by Gasteiger charge is 2.09. The van der Waals surface area contributed by atoms with Crippen LogP contribution in [0, 0.1) is 12.7 Å². The van der Waals surface area contributed by atoms with E-state index in [2.05, 4.69) is 25.6 Å². The van der Waals surface area contributed by atoms with Crippen molar-refractivity contribution in [2.75, 3.05) is 17.7 Å². The van der Waals surface area contributed by atoms with Crippen LogP contribution in [0.1, 0.15) is 5.69 Å². The second kappa shape index (κ2) is 5.91. The van der Waals surface area contributed by atoms with Crippen LogP contribution in [0.25, 0.3) is 5.69 Å². The van der Waals surface area contributed by atoms with Gasteiger partial charge in [0.15, 0.2) is 11.6 Å². The number of nitrogens with zero attached hydrogens (tertiary/aromatic N) is 4. The van der Waals surface area contributed by atoms with Crippen LogP contribution in [-0.4, -0.2) is 31.7 Å². The molecule has 3 N–H and O–H groups in total. The summed E-state index contributed by atoms with van der Waals surface area (Å²) in [6.45, 7) is 1.84. The first-order valence-electron chi connectivity index (χ1n) is 6.88. The van der Waals surface area contributed by atoms with Crippen LogP contribution in [0.3, 0.4) is 0 Å². The van der Waals surface area contributed by atoms with E-state index in [1.54, 1.807) is 36.3 Å². The van der Waals surface area contributed by atoms with E-state index in [4.69, 9.17) is 0 Å². The second-order valence-electron chi connectivity index (χ2n) is 4.89. The Morgan fingerprint density at radius 3 is 2.74 bits per heavy atom. The van der Waals surface area contributed by atoms with Gasteiger partial charge in [0.1, 0.15) is 5.82 Å². The molecule has 3 rings (SSSR count). The van der Waals surface area contributed by atoms with Crippen molar-refractivity contribution >= 4 is 17.5 Å². The minimum atomic E-state index is -0.403. The number of halogens is 1. The van der Waals surface area contributed by atoms with Gasteiger partial charge in [-0.05, 0) is 25.1 Å². The first-order chi connectivity index (χ1) is 11.1. The van der Waals surface area contributed by atoms with Gasteiger partial charge in [-0.15, -0.1) is 0 Å². The van der Waals surface area contributed by atoms with Crippen molar-refractivity contribution in [2.45, 2.75) is 6.92 Å². The Bertz CT molecular complexity index is 848. The topological polar surface area (TPSA) is 87.9 Å². The number of aryl methyl sites for hydroxylation is 1. The summed E-state index contributed by atoms with van der Waals surface area (Å²) in [5.41, 5.74) is 1.71. The number of hydrogen-bond donors (Lipinski definition) is 3. The lowest BCUT2D eigenvalue weighted by atomic mass is 10.2. The van der Waals surface area contributed by atoms with E-state index in [9.17, 15) is 9.50 Å². The molecule has 118 valence electrons. The Kier molecular flexibility index (Phi) is 3.80. The zero-order valence-corrected chi connectivity index (χ0v) is 12.6. The molecular formula is C15H15FN6O. The highest BCUT2D eigenvalue weighted by Crippen LogP contribution is 2.23. The maximum Gasteiger partial charge on any atom is 0.229 e. The lowest BCUT2D eigenvalue weighted by molar-refractivity contribution is 0.472. The third-order valence-corrected chi connectivity index (χ3v) is 3.20. The number of rotatable bonds is 4. The maximum absolute atomic E-state index is 14.3. The Labute approximate surface area is 131 Å². The molecule has 3 aromatic rings. The Morgan fingerprint density at radius 2 is 2.09 bits per heavy atom. The number of aromatic nitrogens is 4. The van der Waals surface area contributed by atoms with Crippen molar-refractivity contribution in [3.8, 4) is 11.4 Å². The predicted octanol–water partition coefficient (Wildman–Crippen LogP) is 2.60. The van der Waals surface area contributed by atoms with E-state index in [-0.39, 0.29) is 17.5 Å². The lowest BCUT2D eigenvalue weighted by Gasteiger charge is -2.09. The van der Waals surface area contributed by atoms with Crippen LogP contribution in [0.4, 0.5) is 21.8 Å². The Balaban J connectivity index is 1.86. The molecule has 0 saturated carbocycles. The van der Waals surface area contributed by atoms with E-state index < -0.39 is 5.82 Å². The normalized spacial score (nSPS) is 10.6. The molecule has 23 heavy (non-hydrogen) atoms. The predicted molar refractivity (Wildman–Crippen MR) is 84.8 cm³/mol. The molecule has 0 aliphatic heterocycles. The van der Waals surface area contributed by atoms with Gasteiger partial charge >= 0.3 is 0 Å². The molecule has 0 amide bonds. The van der Waals surface area contributed by atoms with Crippen molar-refractivity contribution < 1.29 is 9.50 Å². The van der Waals surface area contributed by atoms with Gasteiger partial charge in [-0.1, -0.05) is 0 Å². The lowest BCUT2D eigenvalue weighted by Crippen LogP contribution is -2.02. The molecule has 0 spiro atoms. The van der Waals surface area contributed by atoms with Crippen molar-refractivity contribution in [2.24, 2.45) is 0 Å². The number of hydrogen-bond acceptors (Lipinski definition) is 6. The molecule has 0 aliphatic carbocycles. The zero-order valence-electron chi connectivity index (χ0n) is 12.6. The van der Waals surface area contributed by atoms with Crippen molar-refractivity contribution in [1.29, 1.82) is 0 Å². The molecule has 8 heteroatoms. The van der Waals surface area contributed by atoms with Crippen LogP contribution in [-0.2, 0) is 0 Å². The van der Waals surface area contributed by atoms with Crippen LogP contribution < -0.4 is 10.6 Å². The van der Waals surface area contributed by atoms with Gasteiger partial charge in [0, 0.05) is 18.9 Å². The summed E-state index contributed by atoms with van der Waals surface area (Å²) in [4.78, 5) is 12.1. The number of nitrogens with one attached hydrogen (secondary N) is 2. The van der Waals surface area contributed by atoms with Gasteiger partial charge in [-0.2, -0.15) is 4.98 Å². The number of benzene rings is 1. The fourth-order valence-corrected chi connectivity index (χ4v) is 2.10. The number of aromatic hydroxyl groups is 1. The molecule has 0 bridgehead atoms. The second-order valence-corrected chi connectivity index (χ2v) is 4.89. The molecule has 2 aromatic heterocycles. The summed E-state index contributed by atoms with van der Waals surface area (Å²) in [6.07, 6.45) is 4.57. The van der Waals surface area contributed by atoms with Gasteiger partial charge in [-0.25, -0.2) is 14.4 Å². The average molecular weight is 314 g/mol. The van der Waals surface area contributed by atoms with Gasteiger partial charge in [0.05, 0.1) is 23.9 Å². The smallest absolute Gasteiger partial charge is 0.229 e. The highest BCUT2D eigenvalue weighted by atomic mass is 19.1. The molecule has 2 heterocycles. The van der Waals surface area contributed by atoms with Crippen molar-refractivity contribution in [1.82, 2.24) is 19.5 Å². The monoisotopic (exact) mass is 314 g/mol. The van der Waals surface area contributed by atoms with Gasteiger partial charge in [0.2, 0.25) is 5.95 Å². The molecule has 1 aromatic carbocycles. The molecule has 7 nitrogen and oxygen atoms in total. The van der Waals surface area contributed by atoms with Crippen LogP contribution in [0.5, 0.6) is 5.75 Å². The Hall–Kier alpha value is -3.16. The quantitative estimate of drug-likeness (QED) is 0.686. The highest BCUT2D eigenvalue weighted by molar-refractivity contribution is 5.59. The minimum absolute atomic E-state index is 0.0601. The van der Waals surface area contributed by atoms with E-state index >= 15 is 0 Å².